The minimum atomic E-state index is -0.594. The van der Waals surface area contributed by atoms with Gasteiger partial charge in [0.25, 0.3) is 0 Å². The van der Waals surface area contributed by atoms with E-state index >= 15 is 0 Å². The lowest BCUT2D eigenvalue weighted by Gasteiger charge is -2.43. The molecule has 0 N–H and O–H groups in total. The van der Waals surface area contributed by atoms with Gasteiger partial charge in [0.05, 0.1) is 24.3 Å². The number of carbonyl (C=O) groups excluding carboxylic acids is 1. The zero-order valence-electron chi connectivity index (χ0n) is 14.4. The molecule has 1 aliphatic carbocycles. The summed E-state index contributed by atoms with van der Waals surface area (Å²) < 4.78 is 5.88. The standard InChI is InChI=1S/C17H29N3O2/c1-14-10-20(13-16(2,3)22-14)11-15(21)19(4)17(12-18)8-6-5-7-9-17/h14H,5-11,13H2,1-4H3. The van der Waals surface area contributed by atoms with E-state index in [-0.39, 0.29) is 17.6 Å². The Morgan fingerprint density at radius 2 is 2.00 bits per heavy atom. The van der Waals surface area contributed by atoms with Gasteiger partial charge >= 0.3 is 0 Å². The Morgan fingerprint density at radius 1 is 1.36 bits per heavy atom. The normalized spacial score (nSPS) is 27.9. The number of likely N-dealkylation sites (N-methyl/N-ethyl adjacent to an activating group) is 1. The van der Waals surface area contributed by atoms with Gasteiger partial charge in [0, 0.05) is 20.1 Å². The first kappa shape index (κ1) is 17.2. The van der Waals surface area contributed by atoms with Gasteiger partial charge in [-0.2, -0.15) is 5.26 Å². The van der Waals surface area contributed by atoms with Crippen LogP contribution in [0.5, 0.6) is 0 Å². The number of amides is 1. The molecule has 2 rings (SSSR count). The highest BCUT2D eigenvalue weighted by Gasteiger charge is 2.40. The molecule has 0 aromatic heterocycles. The van der Waals surface area contributed by atoms with Gasteiger partial charge in [-0.05, 0) is 33.6 Å². The van der Waals surface area contributed by atoms with E-state index in [9.17, 15) is 10.1 Å². The van der Waals surface area contributed by atoms with Crippen LogP contribution in [-0.4, -0.2) is 59.6 Å². The summed E-state index contributed by atoms with van der Waals surface area (Å²) in [5, 5.41) is 9.61. The molecule has 1 atom stereocenters. The van der Waals surface area contributed by atoms with E-state index < -0.39 is 5.54 Å². The summed E-state index contributed by atoms with van der Waals surface area (Å²) in [7, 11) is 1.80. The van der Waals surface area contributed by atoms with Crippen molar-refractivity contribution in [3.63, 3.8) is 0 Å². The van der Waals surface area contributed by atoms with Crippen molar-refractivity contribution in [2.75, 3.05) is 26.7 Å². The van der Waals surface area contributed by atoms with Crippen LogP contribution >= 0.6 is 0 Å². The molecular weight excluding hydrogens is 278 g/mol. The summed E-state index contributed by atoms with van der Waals surface area (Å²) in [5.41, 5.74) is -0.822. The quantitative estimate of drug-likeness (QED) is 0.802. The number of hydrogen-bond acceptors (Lipinski definition) is 4. The predicted molar refractivity (Wildman–Crippen MR) is 85.3 cm³/mol. The van der Waals surface area contributed by atoms with Gasteiger partial charge in [-0.1, -0.05) is 19.3 Å². The maximum Gasteiger partial charge on any atom is 0.237 e. The van der Waals surface area contributed by atoms with Crippen LogP contribution in [0.25, 0.3) is 0 Å². The molecule has 1 heterocycles. The molecule has 124 valence electrons. The molecule has 22 heavy (non-hydrogen) atoms. The molecule has 2 fully saturated rings. The second-order valence-electron chi connectivity index (χ2n) is 7.51. The lowest BCUT2D eigenvalue weighted by molar-refractivity contribution is -0.148. The predicted octanol–water partition coefficient (Wildman–Crippen LogP) is 2.17. The fourth-order valence-electron chi connectivity index (χ4n) is 3.90. The van der Waals surface area contributed by atoms with Gasteiger partial charge in [-0.15, -0.1) is 0 Å². The molecule has 5 nitrogen and oxygen atoms in total. The third-order valence-electron chi connectivity index (χ3n) is 4.90. The van der Waals surface area contributed by atoms with Crippen molar-refractivity contribution in [2.45, 2.75) is 70.1 Å². The SMILES string of the molecule is CC1CN(CC(=O)N(C)C2(C#N)CCCCC2)CC(C)(C)O1. The monoisotopic (exact) mass is 307 g/mol. The minimum Gasteiger partial charge on any atom is -0.370 e. The average Bonchev–Trinajstić information content (AvgIpc) is 2.44. The first-order valence-electron chi connectivity index (χ1n) is 8.36. The van der Waals surface area contributed by atoms with Crippen molar-refractivity contribution in [2.24, 2.45) is 0 Å². The van der Waals surface area contributed by atoms with E-state index in [1.807, 2.05) is 6.92 Å². The van der Waals surface area contributed by atoms with Crippen LogP contribution < -0.4 is 0 Å². The van der Waals surface area contributed by atoms with Crippen molar-refractivity contribution in [3.05, 3.63) is 0 Å². The number of nitriles is 1. The van der Waals surface area contributed by atoms with Gasteiger partial charge in [-0.25, -0.2) is 0 Å². The van der Waals surface area contributed by atoms with Crippen LogP contribution in [0.1, 0.15) is 52.9 Å². The highest BCUT2D eigenvalue weighted by molar-refractivity contribution is 5.79. The smallest absolute Gasteiger partial charge is 0.237 e. The van der Waals surface area contributed by atoms with E-state index in [2.05, 4.69) is 24.8 Å². The van der Waals surface area contributed by atoms with Crippen LogP contribution in [0.15, 0.2) is 0 Å². The fraction of sp³-hybridized carbons (Fsp3) is 0.882. The van der Waals surface area contributed by atoms with Crippen LogP contribution in [0.3, 0.4) is 0 Å². The maximum absolute atomic E-state index is 12.7. The van der Waals surface area contributed by atoms with Gasteiger partial charge in [0.1, 0.15) is 5.54 Å². The van der Waals surface area contributed by atoms with Crippen molar-refractivity contribution in [1.82, 2.24) is 9.80 Å². The van der Waals surface area contributed by atoms with Crippen LogP contribution in [0.4, 0.5) is 0 Å². The summed E-state index contributed by atoms with van der Waals surface area (Å²) in [6.07, 6.45) is 4.97. The number of rotatable bonds is 3. The molecule has 0 aromatic carbocycles. The summed E-state index contributed by atoms with van der Waals surface area (Å²) in [4.78, 5) is 16.5. The van der Waals surface area contributed by atoms with E-state index in [1.165, 1.54) is 6.42 Å². The Hall–Kier alpha value is -1.12. The molecule has 1 aliphatic heterocycles. The summed E-state index contributed by atoms with van der Waals surface area (Å²) >= 11 is 0. The molecule has 0 bridgehead atoms. The van der Waals surface area contributed by atoms with Crippen LogP contribution in [-0.2, 0) is 9.53 Å². The Morgan fingerprint density at radius 3 is 2.55 bits per heavy atom. The Bertz CT molecular complexity index is 449. The third kappa shape index (κ3) is 3.80. The molecule has 1 unspecified atom stereocenters. The lowest BCUT2D eigenvalue weighted by Crippen LogP contribution is -2.57. The molecule has 5 heteroatoms. The topological polar surface area (TPSA) is 56.6 Å². The second kappa shape index (κ2) is 6.55. The Labute approximate surface area is 134 Å². The number of morpholine rings is 1. The molecule has 1 amide bonds. The summed E-state index contributed by atoms with van der Waals surface area (Å²) in [6.45, 7) is 8.04. The molecule has 1 saturated carbocycles. The van der Waals surface area contributed by atoms with Gasteiger partial charge < -0.3 is 9.64 Å². The maximum atomic E-state index is 12.7. The van der Waals surface area contributed by atoms with Crippen molar-refractivity contribution in [1.29, 1.82) is 5.26 Å². The Balaban J connectivity index is 2.00. The van der Waals surface area contributed by atoms with Gasteiger partial charge in [0.2, 0.25) is 5.91 Å². The molecular formula is C17H29N3O2. The highest BCUT2D eigenvalue weighted by atomic mass is 16.5. The molecule has 0 radical (unpaired) electrons. The summed E-state index contributed by atoms with van der Waals surface area (Å²) in [5.74, 6) is 0.0494. The second-order valence-corrected chi connectivity index (χ2v) is 7.51. The van der Waals surface area contributed by atoms with E-state index in [1.54, 1.807) is 11.9 Å². The zero-order valence-corrected chi connectivity index (χ0v) is 14.4. The van der Waals surface area contributed by atoms with E-state index in [4.69, 9.17) is 4.74 Å². The van der Waals surface area contributed by atoms with Crippen molar-refractivity contribution in [3.8, 4) is 6.07 Å². The van der Waals surface area contributed by atoms with Crippen LogP contribution in [0, 0.1) is 11.3 Å². The van der Waals surface area contributed by atoms with Crippen molar-refractivity contribution >= 4 is 5.91 Å². The number of ether oxygens (including phenoxy) is 1. The zero-order chi connectivity index (χ0) is 16.4. The lowest BCUT2D eigenvalue weighted by atomic mass is 9.81. The highest BCUT2D eigenvalue weighted by Crippen LogP contribution is 2.32. The number of hydrogen-bond donors (Lipinski definition) is 0. The largest absolute Gasteiger partial charge is 0.370 e. The molecule has 2 aliphatic rings. The summed E-state index contributed by atoms with van der Waals surface area (Å²) in [6, 6.07) is 2.42. The number of nitrogens with zero attached hydrogens (tertiary/aromatic N) is 3. The first-order valence-corrected chi connectivity index (χ1v) is 8.36. The van der Waals surface area contributed by atoms with E-state index in [0.717, 1.165) is 38.8 Å². The van der Waals surface area contributed by atoms with Gasteiger partial charge in [-0.3, -0.25) is 9.69 Å². The fourth-order valence-corrected chi connectivity index (χ4v) is 3.90. The molecule has 0 spiro atoms. The Kier molecular flexibility index (Phi) is 5.14. The van der Waals surface area contributed by atoms with E-state index in [0.29, 0.717) is 6.54 Å². The average molecular weight is 307 g/mol. The van der Waals surface area contributed by atoms with Crippen molar-refractivity contribution < 1.29 is 9.53 Å². The first-order chi connectivity index (χ1) is 10.3. The third-order valence-corrected chi connectivity index (χ3v) is 4.90. The minimum absolute atomic E-state index is 0.0494. The molecule has 0 aromatic rings. The number of carbonyl (C=O) groups is 1. The molecule has 1 saturated heterocycles. The van der Waals surface area contributed by atoms with Crippen LogP contribution in [0.2, 0.25) is 0 Å². The van der Waals surface area contributed by atoms with Gasteiger partial charge in [0.15, 0.2) is 0 Å².